The van der Waals surface area contributed by atoms with Crippen molar-refractivity contribution in [3.05, 3.63) is 46.4 Å². The van der Waals surface area contributed by atoms with Crippen molar-refractivity contribution in [2.24, 2.45) is 5.10 Å². The first kappa shape index (κ1) is 22.2. The average molecular weight is 464 g/mol. The van der Waals surface area contributed by atoms with Crippen molar-refractivity contribution in [2.75, 3.05) is 26.6 Å². The molecule has 2 rings (SSSR count). The minimum atomic E-state index is -0.377. The van der Waals surface area contributed by atoms with E-state index in [4.69, 9.17) is 14.2 Å². The lowest BCUT2D eigenvalue weighted by molar-refractivity contribution is -0.124. The highest BCUT2D eigenvalue weighted by atomic mass is 79.9. The lowest BCUT2D eigenvalue weighted by Crippen LogP contribution is -2.20. The molecular formula is C20H22BrN3O5. The molecule has 2 N–H and O–H groups in total. The summed E-state index contributed by atoms with van der Waals surface area (Å²) >= 11 is 3.39. The van der Waals surface area contributed by atoms with Crippen LogP contribution in [0, 0.1) is 0 Å². The van der Waals surface area contributed by atoms with Crippen LogP contribution in [-0.2, 0) is 9.59 Å². The van der Waals surface area contributed by atoms with Gasteiger partial charge < -0.3 is 19.5 Å². The molecule has 0 saturated heterocycles. The van der Waals surface area contributed by atoms with E-state index >= 15 is 0 Å². The van der Waals surface area contributed by atoms with Crippen molar-refractivity contribution in [3.8, 4) is 17.2 Å². The molecule has 0 aliphatic heterocycles. The van der Waals surface area contributed by atoms with Crippen LogP contribution in [0.1, 0.15) is 18.4 Å². The third-order valence-electron chi connectivity index (χ3n) is 3.85. The zero-order valence-corrected chi connectivity index (χ0v) is 17.9. The highest BCUT2D eigenvalue weighted by Gasteiger charge is 2.09. The van der Waals surface area contributed by atoms with Crippen LogP contribution >= 0.6 is 15.9 Å². The van der Waals surface area contributed by atoms with Crippen molar-refractivity contribution in [3.63, 3.8) is 0 Å². The normalized spacial score (nSPS) is 10.5. The zero-order chi connectivity index (χ0) is 21.2. The van der Waals surface area contributed by atoms with Crippen LogP contribution in [0.5, 0.6) is 17.2 Å². The standard InChI is InChI=1S/C20H22BrN3O5/c1-27-15-6-4-14(5-7-15)23-19(25)8-9-20(26)24-22-12-13-10-16(21)18(29-3)11-17(13)28-2/h4-7,10-12H,8-9H2,1-3H3,(H,23,25)(H,24,26)/b22-12+. The molecule has 0 aliphatic rings. The molecule has 0 bridgehead atoms. The quantitative estimate of drug-likeness (QED) is 0.438. The van der Waals surface area contributed by atoms with E-state index in [1.807, 2.05) is 0 Å². The van der Waals surface area contributed by atoms with Gasteiger partial charge >= 0.3 is 0 Å². The number of rotatable bonds is 9. The SMILES string of the molecule is COc1ccc(NC(=O)CCC(=O)N/N=C/c2cc(Br)c(OC)cc2OC)cc1. The number of carbonyl (C=O) groups is 2. The third kappa shape index (κ3) is 6.79. The Morgan fingerprint density at radius 1 is 0.966 bits per heavy atom. The van der Waals surface area contributed by atoms with Gasteiger partial charge in [-0.2, -0.15) is 5.10 Å². The molecule has 0 spiro atoms. The molecule has 0 atom stereocenters. The Bertz CT molecular complexity index is 884. The Labute approximate surface area is 177 Å². The van der Waals surface area contributed by atoms with E-state index in [1.165, 1.54) is 13.3 Å². The molecule has 9 heteroatoms. The van der Waals surface area contributed by atoms with E-state index < -0.39 is 0 Å². The highest BCUT2D eigenvalue weighted by molar-refractivity contribution is 9.10. The molecule has 0 radical (unpaired) electrons. The van der Waals surface area contributed by atoms with Gasteiger partial charge in [0.05, 0.1) is 32.0 Å². The molecule has 154 valence electrons. The fraction of sp³-hybridized carbons (Fsp3) is 0.250. The number of halogens is 1. The second-order valence-corrected chi connectivity index (χ2v) is 6.65. The molecule has 0 aromatic heterocycles. The minimum absolute atomic E-state index is 0.00275. The van der Waals surface area contributed by atoms with Crippen molar-refractivity contribution in [2.45, 2.75) is 12.8 Å². The van der Waals surface area contributed by atoms with Crippen LogP contribution in [0.3, 0.4) is 0 Å². The van der Waals surface area contributed by atoms with Gasteiger partial charge in [-0.25, -0.2) is 5.43 Å². The average Bonchev–Trinajstić information content (AvgIpc) is 2.73. The maximum absolute atomic E-state index is 12.0. The van der Waals surface area contributed by atoms with Crippen molar-refractivity contribution in [1.29, 1.82) is 0 Å². The second kappa shape index (κ2) is 11.1. The van der Waals surface area contributed by atoms with E-state index in [0.717, 1.165) is 4.47 Å². The fourth-order valence-electron chi connectivity index (χ4n) is 2.34. The van der Waals surface area contributed by atoms with Gasteiger partial charge in [-0.3, -0.25) is 9.59 Å². The Balaban J connectivity index is 1.83. The smallest absolute Gasteiger partial charge is 0.240 e. The number of methoxy groups -OCH3 is 3. The number of hydrazone groups is 1. The molecule has 0 heterocycles. The first-order valence-electron chi connectivity index (χ1n) is 8.64. The summed E-state index contributed by atoms with van der Waals surface area (Å²) in [5, 5.41) is 6.63. The minimum Gasteiger partial charge on any atom is -0.497 e. The van der Waals surface area contributed by atoms with Crippen LogP contribution in [0.2, 0.25) is 0 Å². The topological polar surface area (TPSA) is 98.2 Å². The lowest BCUT2D eigenvalue weighted by atomic mass is 10.2. The summed E-state index contributed by atoms with van der Waals surface area (Å²) in [6, 6.07) is 10.4. The highest BCUT2D eigenvalue weighted by Crippen LogP contribution is 2.31. The van der Waals surface area contributed by atoms with E-state index in [0.29, 0.717) is 28.5 Å². The number of nitrogens with zero attached hydrogens (tertiary/aromatic N) is 1. The number of nitrogens with one attached hydrogen (secondary N) is 2. The predicted octanol–water partition coefficient (Wildman–Crippen LogP) is 3.34. The molecule has 2 aromatic carbocycles. The number of carbonyl (C=O) groups excluding carboxylic acids is 2. The molecule has 2 aromatic rings. The van der Waals surface area contributed by atoms with Crippen LogP contribution in [0.25, 0.3) is 0 Å². The Morgan fingerprint density at radius 3 is 2.24 bits per heavy atom. The van der Waals surface area contributed by atoms with Gasteiger partial charge in [-0.15, -0.1) is 0 Å². The largest absolute Gasteiger partial charge is 0.497 e. The molecule has 2 amide bonds. The van der Waals surface area contributed by atoms with Crippen LogP contribution in [-0.4, -0.2) is 39.4 Å². The Morgan fingerprint density at radius 2 is 1.62 bits per heavy atom. The Kier molecular flexibility index (Phi) is 8.47. The van der Waals surface area contributed by atoms with Crippen LogP contribution < -0.4 is 25.0 Å². The number of ether oxygens (including phenoxy) is 3. The second-order valence-electron chi connectivity index (χ2n) is 5.80. The summed E-state index contributed by atoms with van der Waals surface area (Å²) in [6.07, 6.45) is 1.49. The number of benzene rings is 2. The van der Waals surface area contributed by atoms with E-state index in [2.05, 4.69) is 31.8 Å². The molecule has 8 nitrogen and oxygen atoms in total. The maximum atomic E-state index is 12.0. The fourth-order valence-corrected chi connectivity index (χ4v) is 2.86. The molecule has 0 unspecified atom stereocenters. The van der Waals surface area contributed by atoms with Crippen LogP contribution in [0.15, 0.2) is 46.0 Å². The molecule has 0 fully saturated rings. The van der Waals surface area contributed by atoms with Gasteiger partial charge in [0.2, 0.25) is 11.8 Å². The summed E-state index contributed by atoms with van der Waals surface area (Å²) in [7, 11) is 4.65. The van der Waals surface area contributed by atoms with Gasteiger partial charge in [-0.05, 0) is 46.3 Å². The van der Waals surface area contributed by atoms with E-state index in [9.17, 15) is 9.59 Å². The van der Waals surface area contributed by atoms with Crippen LogP contribution in [0.4, 0.5) is 5.69 Å². The molecule has 0 saturated carbocycles. The van der Waals surface area contributed by atoms with Gasteiger partial charge in [0.25, 0.3) is 0 Å². The summed E-state index contributed by atoms with van der Waals surface area (Å²) in [4.78, 5) is 23.9. The van der Waals surface area contributed by atoms with Crippen molar-refractivity contribution >= 4 is 39.6 Å². The first-order valence-corrected chi connectivity index (χ1v) is 9.43. The van der Waals surface area contributed by atoms with Gasteiger partial charge in [0, 0.05) is 30.2 Å². The monoisotopic (exact) mass is 463 g/mol. The summed E-state index contributed by atoms with van der Waals surface area (Å²) < 4.78 is 16.3. The summed E-state index contributed by atoms with van der Waals surface area (Å²) in [6.45, 7) is 0. The molecule has 29 heavy (non-hydrogen) atoms. The number of hydrogen-bond donors (Lipinski definition) is 2. The summed E-state index contributed by atoms with van der Waals surface area (Å²) in [5.74, 6) is 1.21. The molecular weight excluding hydrogens is 442 g/mol. The third-order valence-corrected chi connectivity index (χ3v) is 4.47. The number of amides is 2. The lowest BCUT2D eigenvalue weighted by Gasteiger charge is -2.09. The van der Waals surface area contributed by atoms with Crippen molar-refractivity contribution < 1.29 is 23.8 Å². The van der Waals surface area contributed by atoms with Crippen molar-refractivity contribution in [1.82, 2.24) is 5.43 Å². The van der Waals surface area contributed by atoms with E-state index in [-0.39, 0.29) is 24.7 Å². The van der Waals surface area contributed by atoms with Gasteiger partial charge in [0.15, 0.2) is 0 Å². The first-order chi connectivity index (χ1) is 14.0. The number of anilines is 1. The maximum Gasteiger partial charge on any atom is 0.240 e. The van der Waals surface area contributed by atoms with E-state index in [1.54, 1.807) is 50.6 Å². The van der Waals surface area contributed by atoms with Gasteiger partial charge in [-0.1, -0.05) is 0 Å². The Hall–Kier alpha value is -3.07. The van der Waals surface area contributed by atoms with Gasteiger partial charge in [0.1, 0.15) is 17.2 Å². The summed E-state index contributed by atoms with van der Waals surface area (Å²) in [5.41, 5.74) is 3.68. The molecule has 0 aliphatic carbocycles. The predicted molar refractivity (Wildman–Crippen MR) is 114 cm³/mol. The zero-order valence-electron chi connectivity index (χ0n) is 16.3. The number of hydrogen-bond acceptors (Lipinski definition) is 6.